The van der Waals surface area contributed by atoms with E-state index < -0.39 is 0 Å². The molecule has 17 heavy (non-hydrogen) atoms. The molecule has 0 fully saturated rings. The SMILES string of the molecule is COCCn1cnnc1[C@@H](N)c1ccccc1. The molecule has 5 heteroatoms. The number of hydrogen-bond acceptors (Lipinski definition) is 4. The first-order chi connectivity index (χ1) is 8.33. The number of hydrogen-bond donors (Lipinski definition) is 1. The molecule has 1 aromatic heterocycles. The van der Waals surface area contributed by atoms with Crippen LogP contribution in [0.5, 0.6) is 0 Å². The molecule has 0 aliphatic rings. The van der Waals surface area contributed by atoms with E-state index in [4.69, 9.17) is 10.5 Å². The van der Waals surface area contributed by atoms with Gasteiger partial charge in [0.1, 0.15) is 6.33 Å². The Morgan fingerprint density at radius 3 is 2.82 bits per heavy atom. The lowest BCUT2D eigenvalue weighted by Crippen LogP contribution is -2.19. The summed E-state index contributed by atoms with van der Waals surface area (Å²) < 4.78 is 6.96. The third-order valence-corrected chi connectivity index (χ3v) is 2.62. The lowest BCUT2D eigenvalue weighted by atomic mass is 10.1. The topological polar surface area (TPSA) is 66.0 Å². The standard InChI is InChI=1S/C12H16N4O/c1-17-8-7-16-9-14-15-12(16)11(13)10-5-3-2-4-6-10/h2-6,9,11H,7-8,13H2,1H3/t11-/m0/s1. The number of methoxy groups -OCH3 is 1. The van der Waals surface area contributed by atoms with E-state index in [0.29, 0.717) is 13.2 Å². The van der Waals surface area contributed by atoms with Gasteiger partial charge in [-0.05, 0) is 5.56 Å². The fraction of sp³-hybridized carbons (Fsp3) is 0.333. The van der Waals surface area contributed by atoms with Crippen LogP contribution in [0.3, 0.4) is 0 Å². The van der Waals surface area contributed by atoms with Crippen molar-refractivity contribution in [2.75, 3.05) is 13.7 Å². The first kappa shape index (κ1) is 11.8. The van der Waals surface area contributed by atoms with Gasteiger partial charge in [-0.2, -0.15) is 0 Å². The molecule has 1 heterocycles. The van der Waals surface area contributed by atoms with Crippen LogP contribution in [0.2, 0.25) is 0 Å². The third-order valence-electron chi connectivity index (χ3n) is 2.62. The first-order valence-electron chi connectivity index (χ1n) is 5.50. The van der Waals surface area contributed by atoms with E-state index in [1.54, 1.807) is 13.4 Å². The molecular formula is C12H16N4O. The van der Waals surface area contributed by atoms with Gasteiger partial charge in [0.05, 0.1) is 12.6 Å². The average molecular weight is 232 g/mol. The quantitative estimate of drug-likeness (QED) is 0.834. The van der Waals surface area contributed by atoms with Gasteiger partial charge in [0.25, 0.3) is 0 Å². The molecule has 1 aromatic carbocycles. The molecule has 5 nitrogen and oxygen atoms in total. The van der Waals surface area contributed by atoms with E-state index in [0.717, 1.165) is 11.4 Å². The smallest absolute Gasteiger partial charge is 0.154 e. The summed E-state index contributed by atoms with van der Waals surface area (Å²) >= 11 is 0. The zero-order valence-electron chi connectivity index (χ0n) is 9.78. The van der Waals surface area contributed by atoms with Gasteiger partial charge in [-0.25, -0.2) is 0 Å². The molecule has 2 N–H and O–H groups in total. The second kappa shape index (κ2) is 5.56. The Hall–Kier alpha value is -1.72. The molecule has 0 amide bonds. The van der Waals surface area contributed by atoms with Gasteiger partial charge in [0, 0.05) is 13.7 Å². The predicted octanol–water partition coefficient (Wildman–Crippen LogP) is 0.973. The minimum Gasteiger partial charge on any atom is -0.383 e. The summed E-state index contributed by atoms with van der Waals surface area (Å²) in [7, 11) is 1.67. The predicted molar refractivity (Wildman–Crippen MR) is 64.4 cm³/mol. The first-order valence-corrected chi connectivity index (χ1v) is 5.50. The summed E-state index contributed by atoms with van der Waals surface area (Å²) in [4.78, 5) is 0. The van der Waals surface area contributed by atoms with Crippen molar-refractivity contribution in [1.82, 2.24) is 14.8 Å². The number of rotatable bonds is 5. The summed E-state index contributed by atoms with van der Waals surface area (Å²) in [6, 6.07) is 9.61. The number of nitrogens with zero attached hydrogens (tertiary/aromatic N) is 3. The third kappa shape index (κ3) is 2.69. The molecule has 0 aliphatic carbocycles. The van der Waals surface area contributed by atoms with Crippen molar-refractivity contribution in [3.05, 3.63) is 48.0 Å². The van der Waals surface area contributed by atoms with E-state index in [9.17, 15) is 0 Å². The molecule has 0 unspecified atom stereocenters. The van der Waals surface area contributed by atoms with Crippen molar-refractivity contribution >= 4 is 0 Å². The van der Waals surface area contributed by atoms with Crippen molar-refractivity contribution in [3.8, 4) is 0 Å². The van der Waals surface area contributed by atoms with Crippen molar-refractivity contribution in [2.45, 2.75) is 12.6 Å². The van der Waals surface area contributed by atoms with Gasteiger partial charge >= 0.3 is 0 Å². The van der Waals surface area contributed by atoms with Crippen LogP contribution in [-0.4, -0.2) is 28.5 Å². The molecule has 0 aliphatic heterocycles. The highest BCUT2D eigenvalue weighted by atomic mass is 16.5. The van der Waals surface area contributed by atoms with Crippen LogP contribution in [0.4, 0.5) is 0 Å². The van der Waals surface area contributed by atoms with E-state index >= 15 is 0 Å². The highest BCUT2D eigenvalue weighted by Gasteiger charge is 2.15. The summed E-state index contributed by atoms with van der Waals surface area (Å²) in [6.45, 7) is 1.33. The molecule has 1 atom stereocenters. The maximum Gasteiger partial charge on any atom is 0.154 e. The van der Waals surface area contributed by atoms with Crippen LogP contribution in [-0.2, 0) is 11.3 Å². The second-order valence-corrected chi connectivity index (χ2v) is 3.76. The Labute approximate surface area is 100 Å². The van der Waals surface area contributed by atoms with Crippen LogP contribution in [0.15, 0.2) is 36.7 Å². The normalized spacial score (nSPS) is 12.6. The highest BCUT2D eigenvalue weighted by Crippen LogP contribution is 2.16. The molecule has 0 spiro atoms. The number of nitrogens with two attached hydrogens (primary N) is 1. The van der Waals surface area contributed by atoms with E-state index in [2.05, 4.69) is 10.2 Å². The van der Waals surface area contributed by atoms with Crippen molar-refractivity contribution in [3.63, 3.8) is 0 Å². The summed E-state index contributed by atoms with van der Waals surface area (Å²) in [5.41, 5.74) is 7.20. The molecule has 0 radical (unpaired) electrons. The van der Waals surface area contributed by atoms with Gasteiger partial charge in [-0.15, -0.1) is 10.2 Å². The monoisotopic (exact) mass is 232 g/mol. The van der Waals surface area contributed by atoms with Gasteiger partial charge in [-0.3, -0.25) is 0 Å². The highest BCUT2D eigenvalue weighted by molar-refractivity contribution is 5.23. The number of ether oxygens (including phenoxy) is 1. The summed E-state index contributed by atoms with van der Waals surface area (Å²) in [5.74, 6) is 0.758. The molecule has 2 aromatic rings. The average Bonchev–Trinajstić information content (AvgIpc) is 2.84. The van der Waals surface area contributed by atoms with Gasteiger partial charge in [0.2, 0.25) is 0 Å². The van der Waals surface area contributed by atoms with Gasteiger partial charge < -0.3 is 15.0 Å². The van der Waals surface area contributed by atoms with Crippen LogP contribution in [0.1, 0.15) is 17.4 Å². The summed E-state index contributed by atoms with van der Waals surface area (Å²) in [5, 5.41) is 7.98. The lowest BCUT2D eigenvalue weighted by molar-refractivity contribution is 0.186. The molecular weight excluding hydrogens is 216 g/mol. The minimum absolute atomic E-state index is 0.254. The molecule has 90 valence electrons. The van der Waals surface area contributed by atoms with Crippen molar-refractivity contribution in [2.24, 2.45) is 5.73 Å². The minimum atomic E-state index is -0.254. The van der Waals surface area contributed by atoms with Crippen LogP contribution >= 0.6 is 0 Å². The summed E-state index contributed by atoms with van der Waals surface area (Å²) in [6.07, 6.45) is 1.68. The lowest BCUT2D eigenvalue weighted by Gasteiger charge is -2.12. The fourth-order valence-electron chi connectivity index (χ4n) is 1.68. The number of aromatic nitrogens is 3. The van der Waals surface area contributed by atoms with Crippen LogP contribution in [0.25, 0.3) is 0 Å². The van der Waals surface area contributed by atoms with E-state index in [1.807, 2.05) is 34.9 Å². The molecule has 0 saturated carbocycles. The van der Waals surface area contributed by atoms with Gasteiger partial charge in [-0.1, -0.05) is 30.3 Å². The van der Waals surface area contributed by atoms with Gasteiger partial charge in [0.15, 0.2) is 5.82 Å². The largest absolute Gasteiger partial charge is 0.383 e. The molecule has 0 bridgehead atoms. The fourth-order valence-corrected chi connectivity index (χ4v) is 1.68. The van der Waals surface area contributed by atoms with Crippen molar-refractivity contribution in [1.29, 1.82) is 0 Å². The maximum atomic E-state index is 6.17. The Morgan fingerprint density at radius 2 is 2.12 bits per heavy atom. The second-order valence-electron chi connectivity index (χ2n) is 3.76. The van der Waals surface area contributed by atoms with Crippen molar-refractivity contribution < 1.29 is 4.74 Å². The molecule has 2 rings (SSSR count). The molecule has 0 saturated heterocycles. The Kier molecular flexibility index (Phi) is 3.85. The zero-order valence-corrected chi connectivity index (χ0v) is 9.78. The Balaban J connectivity index is 2.19. The zero-order chi connectivity index (χ0) is 12.1. The Morgan fingerprint density at radius 1 is 1.35 bits per heavy atom. The van der Waals surface area contributed by atoms with E-state index in [1.165, 1.54) is 0 Å². The maximum absolute atomic E-state index is 6.17. The Bertz CT molecular complexity index is 455. The van der Waals surface area contributed by atoms with E-state index in [-0.39, 0.29) is 6.04 Å². The van der Waals surface area contributed by atoms with Crippen LogP contribution in [0, 0.1) is 0 Å². The number of benzene rings is 1. The van der Waals surface area contributed by atoms with Crippen LogP contribution < -0.4 is 5.73 Å².